The molecule has 218 valence electrons. The SMILES string of the molecule is COC(=O)C1CN(Cc2ccccc2)c2c(-c3cccc(C(F)(F)F)c3)c(Cc3cccc4ccccc34)c(Br)c(=O)n21. The third kappa shape index (κ3) is 5.33. The molecule has 1 aromatic heterocycles. The zero-order chi connectivity index (χ0) is 30.3. The van der Waals surface area contributed by atoms with Crippen LogP contribution in [0.5, 0.6) is 0 Å². The number of aromatic nitrogens is 1. The number of hydrogen-bond acceptors (Lipinski definition) is 4. The van der Waals surface area contributed by atoms with Crippen molar-refractivity contribution in [1.29, 1.82) is 0 Å². The Hall–Kier alpha value is -4.37. The van der Waals surface area contributed by atoms with Gasteiger partial charge in [0.15, 0.2) is 6.04 Å². The van der Waals surface area contributed by atoms with Crippen molar-refractivity contribution in [3.63, 3.8) is 0 Å². The number of anilines is 1. The summed E-state index contributed by atoms with van der Waals surface area (Å²) in [7, 11) is 1.25. The monoisotopic (exact) mass is 646 g/mol. The van der Waals surface area contributed by atoms with E-state index >= 15 is 0 Å². The lowest BCUT2D eigenvalue weighted by Crippen LogP contribution is -2.30. The maximum Gasteiger partial charge on any atom is 0.416 e. The summed E-state index contributed by atoms with van der Waals surface area (Å²) in [6.07, 6.45) is -4.31. The van der Waals surface area contributed by atoms with E-state index in [2.05, 4.69) is 15.9 Å². The van der Waals surface area contributed by atoms with E-state index in [1.165, 1.54) is 17.7 Å². The highest BCUT2D eigenvalue weighted by molar-refractivity contribution is 9.10. The summed E-state index contributed by atoms with van der Waals surface area (Å²) in [5, 5.41) is 1.98. The molecule has 1 aliphatic heterocycles. The Labute approximate surface area is 254 Å². The third-order valence-electron chi connectivity index (χ3n) is 7.84. The summed E-state index contributed by atoms with van der Waals surface area (Å²) in [5.41, 5.74) is 1.85. The molecular weight excluding hydrogens is 621 g/mol. The van der Waals surface area contributed by atoms with Crippen molar-refractivity contribution < 1.29 is 22.7 Å². The minimum absolute atomic E-state index is 0.118. The fourth-order valence-corrected chi connectivity index (χ4v) is 6.42. The van der Waals surface area contributed by atoms with Crippen molar-refractivity contribution in [3.05, 3.63) is 134 Å². The van der Waals surface area contributed by atoms with Crippen LogP contribution in [0.15, 0.2) is 106 Å². The first kappa shape index (κ1) is 28.7. The van der Waals surface area contributed by atoms with E-state index < -0.39 is 29.3 Å². The number of methoxy groups -OCH3 is 1. The Morgan fingerprint density at radius 2 is 1.65 bits per heavy atom. The largest absolute Gasteiger partial charge is 0.467 e. The zero-order valence-corrected chi connectivity index (χ0v) is 24.7. The van der Waals surface area contributed by atoms with Gasteiger partial charge in [0.2, 0.25) is 0 Å². The van der Waals surface area contributed by atoms with Gasteiger partial charge in [-0.05, 0) is 61.1 Å². The number of fused-ring (bicyclic) bond motifs is 2. The van der Waals surface area contributed by atoms with Gasteiger partial charge in [0.1, 0.15) is 5.82 Å². The van der Waals surface area contributed by atoms with E-state index in [4.69, 9.17) is 4.74 Å². The molecule has 0 saturated heterocycles. The number of carbonyl (C=O) groups excluding carboxylic acids is 1. The van der Waals surface area contributed by atoms with Gasteiger partial charge >= 0.3 is 12.1 Å². The molecule has 5 aromatic rings. The molecule has 4 aromatic carbocycles. The number of halogens is 4. The Kier molecular flexibility index (Phi) is 7.60. The molecule has 1 unspecified atom stereocenters. The van der Waals surface area contributed by atoms with Crippen LogP contribution in [0.2, 0.25) is 0 Å². The molecule has 0 spiro atoms. The van der Waals surface area contributed by atoms with E-state index in [0.717, 1.165) is 34.0 Å². The molecule has 5 nitrogen and oxygen atoms in total. The van der Waals surface area contributed by atoms with Crippen LogP contribution in [0.1, 0.15) is 28.3 Å². The molecule has 0 amide bonds. The molecule has 0 bridgehead atoms. The van der Waals surface area contributed by atoms with Crippen LogP contribution >= 0.6 is 15.9 Å². The topological polar surface area (TPSA) is 51.5 Å². The molecule has 1 aliphatic rings. The fraction of sp³-hybridized carbons (Fsp3) is 0.176. The smallest absolute Gasteiger partial charge is 0.416 e. The summed E-state index contributed by atoms with van der Waals surface area (Å²) in [5.74, 6) is -0.232. The number of ether oxygens (including phenoxy) is 1. The molecule has 9 heteroatoms. The quantitative estimate of drug-likeness (QED) is 0.177. The van der Waals surface area contributed by atoms with Crippen LogP contribution in [0.25, 0.3) is 21.9 Å². The highest BCUT2D eigenvalue weighted by Crippen LogP contribution is 2.44. The number of nitrogens with zero attached hydrogens (tertiary/aromatic N) is 2. The number of carbonyl (C=O) groups is 1. The second-order valence-corrected chi connectivity index (χ2v) is 11.3. The van der Waals surface area contributed by atoms with Gasteiger partial charge in [-0.25, -0.2) is 4.79 Å². The number of benzene rings is 4. The van der Waals surface area contributed by atoms with Gasteiger partial charge in [-0.1, -0.05) is 84.9 Å². The summed E-state index contributed by atoms with van der Waals surface area (Å²) in [6.45, 7) is 0.446. The van der Waals surface area contributed by atoms with E-state index in [1.807, 2.05) is 77.7 Å². The van der Waals surface area contributed by atoms with Gasteiger partial charge in [0.25, 0.3) is 5.56 Å². The number of rotatable bonds is 6. The molecule has 0 radical (unpaired) electrons. The first-order valence-electron chi connectivity index (χ1n) is 13.6. The zero-order valence-electron chi connectivity index (χ0n) is 23.1. The van der Waals surface area contributed by atoms with Crippen LogP contribution in [-0.2, 0) is 28.7 Å². The Balaban J connectivity index is 1.66. The Morgan fingerprint density at radius 1 is 0.953 bits per heavy atom. The summed E-state index contributed by atoms with van der Waals surface area (Å²) >= 11 is 3.52. The van der Waals surface area contributed by atoms with Gasteiger partial charge in [-0.2, -0.15) is 13.2 Å². The number of hydrogen-bond donors (Lipinski definition) is 0. The van der Waals surface area contributed by atoms with E-state index in [1.54, 1.807) is 6.07 Å². The minimum Gasteiger partial charge on any atom is -0.467 e. The highest BCUT2D eigenvalue weighted by Gasteiger charge is 2.40. The molecule has 0 saturated carbocycles. The summed E-state index contributed by atoms with van der Waals surface area (Å²) < 4.78 is 48.5. The average molecular weight is 647 g/mol. The minimum atomic E-state index is -4.57. The third-order valence-corrected chi connectivity index (χ3v) is 8.66. The van der Waals surface area contributed by atoms with Gasteiger partial charge in [0, 0.05) is 18.5 Å². The Bertz CT molecular complexity index is 1900. The molecule has 0 aliphatic carbocycles. The van der Waals surface area contributed by atoms with Crippen molar-refractivity contribution in [1.82, 2.24) is 4.57 Å². The maximum atomic E-state index is 14.1. The number of pyridine rings is 1. The number of esters is 1. The normalized spacial score (nSPS) is 14.6. The van der Waals surface area contributed by atoms with Crippen molar-refractivity contribution >= 4 is 38.5 Å². The first-order chi connectivity index (χ1) is 20.7. The molecule has 1 atom stereocenters. The molecule has 0 fully saturated rings. The highest BCUT2D eigenvalue weighted by atomic mass is 79.9. The van der Waals surface area contributed by atoms with E-state index in [-0.39, 0.29) is 23.0 Å². The predicted molar refractivity (Wildman–Crippen MR) is 164 cm³/mol. The predicted octanol–water partition coefficient (Wildman–Crippen LogP) is 7.77. The van der Waals surface area contributed by atoms with Crippen LogP contribution in [0.4, 0.5) is 19.0 Å². The molecule has 0 N–H and O–H groups in total. The average Bonchev–Trinajstić information content (AvgIpc) is 3.38. The maximum absolute atomic E-state index is 14.1. The van der Waals surface area contributed by atoms with Crippen LogP contribution in [-0.4, -0.2) is 24.2 Å². The van der Waals surface area contributed by atoms with Gasteiger partial charge in [-0.15, -0.1) is 0 Å². The van der Waals surface area contributed by atoms with Crippen molar-refractivity contribution in [2.75, 3.05) is 18.6 Å². The van der Waals surface area contributed by atoms with Crippen molar-refractivity contribution in [2.45, 2.75) is 25.2 Å². The van der Waals surface area contributed by atoms with Crippen LogP contribution in [0, 0.1) is 0 Å². The first-order valence-corrected chi connectivity index (χ1v) is 14.4. The fourth-order valence-electron chi connectivity index (χ4n) is 5.89. The standard InChI is InChI=1S/C34H26BrF3N2O3/c1-43-33(42)28-20-39(19-21-9-3-2-4-10-21)31-29(24-14-8-15-25(17-24)34(36,37)38)27(30(35)32(41)40(28)31)18-23-13-7-12-22-11-5-6-16-26(22)23/h2-17,28H,18-20H2,1H3. The molecule has 43 heavy (non-hydrogen) atoms. The van der Waals surface area contributed by atoms with Crippen molar-refractivity contribution in [2.24, 2.45) is 0 Å². The molecule has 6 rings (SSSR count). The summed E-state index contributed by atoms with van der Waals surface area (Å²) in [4.78, 5) is 29.0. The lowest BCUT2D eigenvalue weighted by Gasteiger charge is -2.25. The van der Waals surface area contributed by atoms with E-state index in [0.29, 0.717) is 23.5 Å². The summed E-state index contributed by atoms with van der Waals surface area (Å²) in [6, 6.07) is 27.3. The lowest BCUT2D eigenvalue weighted by atomic mass is 9.92. The molecular formula is C34H26BrF3N2O3. The second kappa shape index (κ2) is 11.4. The van der Waals surface area contributed by atoms with Crippen LogP contribution < -0.4 is 10.5 Å². The lowest BCUT2D eigenvalue weighted by molar-refractivity contribution is -0.144. The van der Waals surface area contributed by atoms with Crippen molar-refractivity contribution in [3.8, 4) is 11.1 Å². The van der Waals surface area contributed by atoms with Gasteiger partial charge in [-0.3, -0.25) is 9.36 Å². The van der Waals surface area contributed by atoms with E-state index in [9.17, 15) is 22.8 Å². The van der Waals surface area contributed by atoms with Gasteiger partial charge < -0.3 is 9.64 Å². The number of alkyl halides is 3. The Morgan fingerprint density at radius 3 is 2.40 bits per heavy atom. The van der Waals surface area contributed by atoms with Crippen LogP contribution in [0.3, 0.4) is 0 Å². The molecule has 2 heterocycles. The van der Waals surface area contributed by atoms with Gasteiger partial charge in [0.05, 0.1) is 23.7 Å². The second-order valence-electron chi connectivity index (χ2n) is 10.5.